The molecule has 106 valence electrons. The van der Waals surface area contributed by atoms with Crippen molar-refractivity contribution in [2.75, 3.05) is 32.8 Å². The average molecular weight is 270 g/mol. The van der Waals surface area contributed by atoms with Crippen LogP contribution in [0.2, 0.25) is 0 Å². The van der Waals surface area contributed by atoms with Crippen LogP contribution in [-0.4, -0.2) is 37.7 Å². The van der Waals surface area contributed by atoms with Gasteiger partial charge in [-0.05, 0) is 28.8 Å². The molecule has 0 bridgehead atoms. The van der Waals surface area contributed by atoms with E-state index in [-0.39, 0.29) is 0 Å². The zero-order valence-corrected chi connectivity index (χ0v) is 11.8. The summed E-state index contributed by atoms with van der Waals surface area (Å²) in [4.78, 5) is 2.46. The van der Waals surface area contributed by atoms with Crippen LogP contribution in [0.4, 0.5) is 0 Å². The van der Waals surface area contributed by atoms with Gasteiger partial charge in [-0.25, -0.2) is 0 Å². The molecule has 1 heterocycles. The van der Waals surface area contributed by atoms with E-state index in [9.17, 15) is 0 Å². The summed E-state index contributed by atoms with van der Waals surface area (Å²) in [6.45, 7) is 4.36. The van der Waals surface area contributed by atoms with E-state index in [0.717, 1.165) is 32.7 Å². The van der Waals surface area contributed by atoms with E-state index in [1.807, 2.05) is 0 Å². The number of rotatable bonds is 3. The van der Waals surface area contributed by atoms with Gasteiger partial charge in [0.15, 0.2) is 0 Å². The largest absolute Gasteiger partial charge is 0.380 e. The summed E-state index contributed by atoms with van der Waals surface area (Å²) in [6.07, 6.45) is 1.09. The van der Waals surface area contributed by atoms with Gasteiger partial charge in [0.1, 0.15) is 0 Å². The van der Waals surface area contributed by atoms with Gasteiger partial charge in [-0.1, -0.05) is 36.4 Å². The molecule has 1 atom stereocenters. The highest BCUT2D eigenvalue weighted by atomic mass is 16.5. The maximum atomic E-state index is 6.05. The first-order valence-electron chi connectivity index (χ1n) is 7.39. The minimum absolute atomic E-state index is 0.293. The molecule has 3 rings (SSSR count). The zero-order chi connectivity index (χ0) is 13.8. The van der Waals surface area contributed by atoms with Gasteiger partial charge in [-0.2, -0.15) is 0 Å². The normalized spacial score (nSPS) is 18.9. The molecule has 3 heteroatoms. The van der Waals surface area contributed by atoms with E-state index >= 15 is 0 Å². The van der Waals surface area contributed by atoms with Gasteiger partial charge in [0, 0.05) is 32.3 Å². The number of nitrogens with two attached hydrogens (primary N) is 1. The van der Waals surface area contributed by atoms with Crippen LogP contribution < -0.4 is 5.73 Å². The molecule has 2 aromatic rings. The Labute approximate surface area is 120 Å². The van der Waals surface area contributed by atoms with Gasteiger partial charge < -0.3 is 10.5 Å². The average Bonchev–Trinajstić information content (AvgIpc) is 2.77. The van der Waals surface area contributed by atoms with Gasteiger partial charge >= 0.3 is 0 Å². The first-order chi connectivity index (χ1) is 9.88. The van der Waals surface area contributed by atoms with Crippen LogP contribution in [0.1, 0.15) is 18.0 Å². The van der Waals surface area contributed by atoms with Crippen LogP contribution in [0.25, 0.3) is 10.8 Å². The highest BCUT2D eigenvalue weighted by molar-refractivity contribution is 5.83. The van der Waals surface area contributed by atoms with Gasteiger partial charge in [0.25, 0.3) is 0 Å². The number of benzene rings is 2. The van der Waals surface area contributed by atoms with Crippen molar-refractivity contribution in [2.45, 2.75) is 12.5 Å². The Morgan fingerprint density at radius 2 is 1.90 bits per heavy atom. The van der Waals surface area contributed by atoms with E-state index in [4.69, 9.17) is 10.5 Å². The lowest BCUT2D eigenvalue weighted by Gasteiger charge is -2.29. The monoisotopic (exact) mass is 270 g/mol. The van der Waals surface area contributed by atoms with E-state index in [1.165, 1.54) is 16.3 Å². The Hall–Kier alpha value is -1.42. The molecule has 20 heavy (non-hydrogen) atoms. The molecule has 1 saturated heterocycles. The minimum atomic E-state index is 0.293. The summed E-state index contributed by atoms with van der Waals surface area (Å²) in [6, 6.07) is 15.5. The fraction of sp³-hybridized carbons (Fsp3) is 0.412. The predicted octanol–water partition coefficient (Wildman–Crippen LogP) is 2.56. The van der Waals surface area contributed by atoms with Crippen LogP contribution >= 0.6 is 0 Å². The van der Waals surface area contributed by atoms with E-state index in [2.05, 4.69) is 47.4 Å². The van der Waals surface area contributed by atoms with Crippen molar-refractivity contribution >= 4 is 10.8 Å². The number of hydrogen-bond donors (Lipinski definition) is 1. The standard InChI is InChI=1S/C17H22N2O/c18-13-17(19-8-3-10-20-11-9-19)16-7-6-14-4-1-2-5-15(14)12-16/h1-2,4-7,12,17H,3,8-11,13,18H2. The second-order valence-corrected chi connectivity index (χ2v) is 5.36. The lowest BCUT2D eigenvalue weighted by Crippen LogP contribution is -2.35. The van der Waals surface area contributed by atoms with Crippen molar-refractivity contribution in [2.24, 2.45) is 5.73 Å². The summed E-state index contributed by atoms with van der Waals surface area (Å²) in [5.41, 5.74) is 7.36. The Morgan fingerprint density at radius 1 is 1.05 bits per heavy atom. The Morgan fingerprint density at radius 3 is 2.75 bits per heavy atom. The molecule has 1 aliphatic heterocycles. The fourth-order valence-corrected chi connectivity index (χ4v) is 2.99. The van der Waals surface area contributed by atoms with E-state index in [0.29, 0.717) is 12.6 Å². The third kappa shape index (κ3) is 2.85. The van der Waals surface area contributed by atoms with Crippen molar-refractivity contribution in [3.63, 3.8) is 0 Å². The quantitative estimate of drug-likeness (QED) is 0.931. The van der Waals surface area contributed by atoms with Crippen LogP contribution in [0, 0.1) is 0 Å². The lowest BCUT2D eigenvalue weighted by molar-refractivity contribution is 0.132. The molecule has 1 aliphatic rings. The van der Waals surface area contributed by atoms with Crippen molar-refractivity contribution in [1.29, 1.82) is 0 Å². The molecular weight excluding hydrogens is 248 g/mol. The maximum absolute atomic E-state index is 6.05. The summed E-state index contributed by atoms with van der Waals surface area (Å²) < 4.78 is 5.54. The number of hydrogen-bond acceptors (Lipinski definition) is 3. The molecule has 0 saturated carbocycles. The predicted molar refractivity (Wildman–Crippen MR) is 82.8 cm³/mol. The summed E-state index contributed by atoms with van der Waals surface area (Å²) in [5, 5.41) is 2.57. The minimum Gasteiger partial charge on any atom is -0.380 e. The van der Waals surface area contributed by atoms with Gasteiger partial charge in [-0.3, -0.25) is 4.90 Å². The fourth-order valence-electron chi connectivity index (χ4n) is 2.99. The smallest absolute Gasteiger partial charge is 0.0593 e. The van der Waals surface area contributed by atoms with Crippen LogP contribution in [0.5, 0.6) is 0 Å². The van der Waals surface area contributed by atoms with Crippen LogP contribution in [0.15, 0.2) is 42.5 Å². The van der Waals surface area contributed by atoms with Gasteiger partial charge in [-0.15, -0.1) is 0 Å². The molecule has 0 radical (unpaired) electrons. The van der Waals surface area contributed by atoms with Crippen molar-refractivity contribution in [3.8, 4) is 0 Å². The highest BCUT2D eigenvalue weighted by Crippen LogP contribution is 2.24. The van der Waals surface area contributed by atoms with Crippen LogP contribution in [0.3, 0.4) is 0 Å². The Bertz CT molecular complexity index is 562. The molecule has 0 spiro atoms. The van der Waals surface area contributed by atoms with Crippen LogP contribution in [-0.2, 0) is 4.74 Å². The van der Waals surface area contributed by atoms with Gasteiger partial charge in [0.2, 0.25) is 0 Å². The Kier molecular flexibility index (Phi) is 4.31. The number of nitrogens with zero attached hydrogens (tertiary/aromatic N) is 1. The topological polar surface area (TPSA) is 38.5 Å². The zero-order valence-electron chi connectivity index (χ0n) is 11.8. The number of fused-ring (bicyclic) bond motifs is 1. The molecule has 1 fully saturated rings. The second kappa shape index (κ2) is 6.35. The third-order valence-electron chi connectivity index (χ3n) is 4.08. The SMILES string of the molecule is NCC(c1ccc2ccccc2c1)N1CCCOCC1. The van der Waals surface area contributed by atoms with Crippen molar-refractivity contribution in [3.05, 3.63) is 48.0 Å². The molecule has 1 unspecified atom stereocenters. The summed E-state index contributed by atoms with van der Waals surface area (Å²) in [5.74, 6) is 0. The lowest BCUT2D eigenvalue weighted by atomic mass is 10.0. The molecule has 2 N–H and O–H groups in total. The highest BCUT2D eigenvalue weighted by Gasteiger charge is 2.20. The summed E-state index contributed by atoms with van der Waals surface area (Å²) in [7, 11) is 0. The maximum Gasteiger partial charge on any atom is 0.0593 e. The first-order valence-corrected chi connectivity index (χ1v) is 7.39. The Balaban J connectivity index is 1.89. The molecule has 0 aromatic heterocycles. The van der Waals surface area contributed by atoms with Crippen molar-refractivity contribution in [1.82, 2.24) is 4.90 Å². The van der Waals surface area contributed by atoms with Gasteiger partial charge in [0.05, 0.1) is 6.61 Å². The van der Waals surface area contributed by atoms with E-state index < -0.39 is 0 Å². The number of ether oxygens (including phenoxy) is 1. The van der Waals surface area contributed by atoms with Crippen molar-refractivity contribution < 1.29 is 4.74 Å². The molecule has 3 nitrogen and oxygen atoms in total. The van der Waals surface area contributed by atoms with E-state index in [1.54, 1.807) is 0 Å². The molecule has 0 aliphatic carbocycles. The molecule has 2 aromatic carbocycles. The molecular formula is C17H22N2O. The second-order valence-electron chi connectivity index (χ2n) is 5.36. The molecule has 0 amide bonds. The summed E-state index contributed by atoms with van der Waals surface area (Å²) >= 11 is 0. The third-order valence-corrected chi connectivity index (χ3v) is 4.08. The first kappa shape index (κ1) is 13.6.